The molecule has 1 aliphatic rings. The van der Waals surface area contributed by atoms with E-state index in [9.17, 15) is 13.2 Å². The Hall–Kier alpha value is -2.30. The van der Waals surface area contributed by atoms with Gasteiger partial charge >= 0.3 is 0 Å². The number of nitrogens with zero attached hydrogens (tertiary/aromatic N) is 2. The minimum Gasteiger partial charge on any atom is -0.497 e. The van der Waals surface area contributed by atoms with Gasteiger partial charge in [0.1, 0.15) is 11.5 Å². The van der Waals surface area contributed by atoms with Crippen LogP contribution in [-0.4, -0.2) is 45.2 Å². The summed E-state index contributed by atoms with van der Waals surface area (Å²) in [5.74, 6) is 0.841. The Balaban J connectivity index is 1.98. The number of carbonyl (C=O) groups excluding carboxylic acids is 1. The molecule has 2 aromatic carbocycles. The van der Waals surface area contributed by atoms with Gasteiger partial charge in [-0.05, 0) is 61.2 Å². The summed E-state index contributed by atoms with van der Waals surface area (Å²) in [4.78, 5) is 14.6. The minimum atomic E-state index is -3.96. The van der Waals surface area contributed by atoms with Gasteiger partial charge in [-0.3, -0.25) is 9.69 Å². The highest BCUT2D eigenvalue weighted by molar-refractivity contribution is 9.10. The van der Waals surface area contributed by atoms with Crippen LogP contribution in [0.25, 0.3) is 6.08 Å². The highest BCUT2D eigenvalue weighted by Gasteiger charge is 2.34. The van der Waals surface area contributed by atoms with Crippen molar-refractivity contribution in [1.82, 2.24) is 4.90 Å². The second-order valence-electron chi connectivity index (χ2n) is 6.07. The standard InChI is InChI=1S/C20H19BrN2O5S2/c1-4-23-19(24)18(11-13-5-8-15(27-2)12-17(13)28-3)29-20(23)22-30(25,26)16-9-6-14(21)7-10-16/h5-12H,4H2,1-3H3/b18-11-,22-20?. The number of methoxy groups -OCH3 is 2. The van der Waals surface area contributed by atoms with Gasteiger partial charge in [0, 0.05) is 22.6 Å². The number of hydrogen-bond acceptors (Lipinski definition) is 6. The Morgan fingerprint density at radius 2 is 1.83 bits per heavy atom. The van der Waals surface area contributed by atoms with Crippen LogP contribution in [0.2, 0.25) is 0 Å². The largest absolute Gasteiger partial charge is 0.497 e. The van der Waals surface area contributed by atoms with Crippen LogP contribution in [0.4, 0.5) is 0 Å². The lowest BCUT2D eigenvalue weighted by Crippen LogP contribution is -2.29. The Kier molecular flexibility index (Phi) is 6.89. The van der Waals surface area contributed by atoms with Crippen molar-refractivity contribution in [2.24, 2.45) is 4.40 Å². The Bertz CT molecular complexity index is 1130. The van der Waals surface area contributed by atoms with Gasteiger partial charge < -0.3 is 9.47 Å². The molecule has 0 saturated carbocycles. The topological polar surface area (TPSA) is 85.3 Å². The highest BCUT2D eigenvalue weighted by atomic mass is 79.9. The predicted octanol–water partition coefficient (Wildman–Crippen LogP) is 4.15. The molecule has 0 spiro atoms. The highest BCUT2D eigenvalue weighted by Crippen LogP contribution is 2.36. The lowest BCUT2D eigenvalue weighted by molar-refractivity contribution is -0.122. The second kappa shape index (κ2) is 9.23. The smallest absolute Gasteiger partial charge is 0.284 e. The number of amidine groups is 1. The molecule has 1 amide bonds. The van der Waals surface area contributed by atoms with Crippen LogP contribution < -0.4 is 9.47 Å². The van der Waals surface area contributed by atoms with Crippen LogP contribution in [0.5, 0.6) is 11.5 Å². The number of ether oxygens (including phenoxy) is 2. The third-order valence-electron chi connectivity index (χ3n) is 4.24. The fraction of sp³-hybridized carbons (Fsp3) is 0.200. The first-order valence-corrected chi connectivity index (χ1v) is 11.9. The summed E-state index contributed by atoms with van der Waals surface area (Å²) in [7, 11) is -0.884. The van der Waals surface area contributed by atoms with Gasteiger partial charge in [-0.2, -0.15) is 8.42 Å². The Morgan fingerprint density at radius 1 is 1.13 bits per heavy atom. The van der Waals surface area contributed by atoms with Crippen LogP contribution in [0.15, 0.2) is 61.1 Å². The quantitative estimate of drug-likeness (QED) is 0.542. The van der Waals surface area contributed by atoms with E-state index in [1.54, 1.807) is 50.4 Å². The number of amides is 1. The molecular formula is C20H19BrN2O5S2. The molecule has 0 unspecified atom stereocenters. The van der Waals surface area contributed by atoms with Gasteiger partial charge in [0.05, 0.1) is 24.0 Å². The van der Waals surface area contributed by atoms with Crippen molar-refractivity contribution in [3.8, 4) is 11.5 Å². The van der Waals surface area contributed by atoms with E-state index in [1.807, 2.05) is 0 Å². The van der Waals surface area contributed by atoms with Gasteiger partial charge in [-0.15, -0.1) is 4.40 Å². The third-order valence-corrected chi connectivity index (χ3v) is 7.17. The minimum absolute atomic E-state index is 0.0524. The first kappa shape index (κ1) is 22.4. The SMILES string of the molecule is CCN1C(=O)/C(=C/c2ccc(OC)cc2OC)SC1=NS(=O)(=O)c1ccc(Br)cc1. The second-order valence-corrected chi connectivity index (χ2v) is 9.60. The molecule has 0 radical (unpaired) electrons. The van der Waals surface area contributed by atoms with E-state index in [4.69, 9.17) is 9.47 Å². The molecule has 1 heterocycles. The summed E-state index contributed by atoms with van der Waals surface area (Å²) in [6, 6.07) is 11.4. The first-order chi connectivity index (χ1) is 14.3. The maximum atomic E-state index is 12.8. The summed E-state index contributed by atoms with van der Waals surface area (Å²) in [6.07, 6.45) is 1.66. The Morgan fingerprint density at radius 3 is 2.43 bits per heavy atom. The number of thioether (sulfide) groups is 1. The van der Waals surface area contributed by atoms with Crippen molar-refractivity contribution in [2.45, 2.75) is 11.8 Å². The van der Waals surface area contributed by atoms with E-state index >= 15 is 0 Å². The molecule has 1 saturated heterocycles. The number of hydrogen-bond donors (Lipinski definition) is 0. The van der Waals surface area contributed by atoms with Crippen molar-refractivity contribution in [2.75, 3.05) is 20.8 Å². The zero-order chi connectivity index (χ0) is 21.9. The van der Waals surface area contributed by atoms with Crippen molar-refractivity contribution >= 4 is 54.9 Å². The van der Waals surface area contributed by atoms with Crippen LogP contribution in [0, 0.1) is 0 Å². The molecule has 10 heteroatoms. The van der Waals surface area contributed by atoms with Gasteiger partial charge in [0.15, 0.2) is 5.17 Å². The fourth-order valence-corrected chi connectivity index (χ4v) is 5.20. The molecule has 0 atom stereocenters. The van der Waals surface area contributed by atoms with Gasteiger partial charge in [-0.25, -0.2) is 0 Å². The van der Waals surface area contributed by atoms with Crippen molar-refractivity contribution in [1.29, 1.82) is 0 Å². The lowest BCUT2D eigenvalue weighted by atomic mass is 10.1. The lowest BCUT2D eigenvalue weighted by Gasteiger charge is -2.12. The van der Waals surface area contributed by atoms with E-state index < -0.39 is 10.0 Å². The van der Waals surface area contributed by atoms with E-state index in [2.05, 4.69) is 20.3 Å². The third kappa shape index (κ3) is 4.71. The molecule has 3 rings (SSSR count). The summed E-state index contributed by atoms with van der Waals surface area (Å²) in [5.41, 5.74) is 0.669. The summed E-state index contributed by atoms with van der Waals surface area (Å²) in [6.45, 7) is 2.05. The van der Waals surface area contributed by atoms with Crippen molar-refractivity contribution in [3.05, 3.63) is 57.4 Å². The molecule has 0 bridgehead atoms. The normalized spacial score (nSPS) is 17.1. The molecule has 2 aromatic rings. The summed E-state index contributed by atoms with van der Waals surface area (Å²) < 4.78 is 40.6. The van der Waals surface area contributed by atoms with Crippen LogP contribution in [0.3, 0.4) is 0 Å². The summed E-state index contributed by atoms with van der Waals surface area (Å²) >= 11 is 4.29. The molecule has 7 nitrogen and oxygen atoms in total. The maximum absolute atomic E-state index is 12.8. The van der Waals surface area contributed by atoms with Gasteiger partial charge in [0.2, 0.25) is 0 Å². The molecule has 1 aliphatic heterocycles. The number of carbonyl (C=O) groups is 1. The summed E-state index contributed by atoms with van der Waals surface area (Å²) in [5, 5.41) is 0.115. The monoisotopic (exact) mass is 510 g/mol. The van der Waals surface area contributed by atoms with E-state index in [-0.39, 0.29) is 22.5 Å². The molecule has 0 aromatic heterocycles. The fourth-order valence-electron chi connectivity index (χ4n) is 2.70. The van der Waals surface area contributed by atoms with Crippen LogP contribution in [-0.2, 0) is 14.8 Å². The maximum Gasteiger partial charge on any atom is 0.284 e. The van der Waals surface area contributed by atoms with Crippen LogP contribution >= 0.6 is 27.7 Å². The average molecular weight is 511 g/mol. The van der Waals surface area contributed by atoms with Crippen molar-refractivity contribution < 1.29 is 22.7 Å². The molecule has 0 aliphatic carbocycles. The molecule has 1 fully saturated rings. The van der Waals surface area contributed by atoms with Crippen LogP contribution in [0.1, 0.15) is 12.5 Å². The number of likely N-dealkylation sites (N-methyl/N-ethyl adjacent to an activating group) is 1. The average Bonchev–Trinajstić information content (AvgIpc) is 3.01. The van der Waals surface area contributed by atoms with E-state index in [0.29, 0.717) is 22.0 Å². The zero-order valence-corrected chi connectivity index (χ0v) is 19.7. The zero-order valence-electron chi connectivity index (χ0n) is 16.5. The molecule has 30 heavy (non-hydrogen) atoms. The molecule has 158 valence electrons. The number of rotatable bonds is 6. The molecule has 0 N–H and O–H groups in total. The number of benzene rings is 2. The predicted molar refractivity (Wildman–Crippen MR) is 121 cm³/mol. The van der Waals surface area contributed by atoms with Gasteiger partial charge in [-0.1, -0.05) is 15.9 Å². The number of sulfonamides is 1. The van der Waals surface area contributed by atoms with E-state index in [1.165, 1.54) is 24.1 Å². The Labute approximate surface area is 188 Å². The number of halogens is 1. The molecular weight excluding hydrogens is 492 g/mol. The van der Waals surface area contributed by atoms with E-state index in [0.717, 1.165) is 16.2 Å². The van der Waals surface area contributed by atoms with Gasteiger partial charge in [0.25, 0.3) is 15.9 Å². The first-order valence-electron chi connectivity index (χ1n) is 8.83. The van der Waals surface area contributed by atoms with Crippen molar-refractivity contribution in [3.63, 3.8) is 0 Å².